The Morgan fingerprint density at radius 2 is 2.19 bits per heavy atom. The number of thiazole rings is 1. The predicted octanol–water partition coefficient (Wildman–Crippen LogP) is 3.00. The van der Waals surface area contributed by atoms with Gasteiger partial charge in [-0.3, -0.25) is 9.69 Å². The molecule has 1 saturated heterocycles. The number of hydrogen-bond donors (Lipinski definition) is 1. The summed E-state index contributed by atoms with van der Waals surface area (Å²) in [6.45, 7) is 3.67. The van der Waals surface area contributed by atoms with Gasteiger partial charge in [0.05, 0.1) is 21.3 Å². The Labute approximate surface area is 132 Å². The van der Waals surface area contributed by atoms with Gasteiger partial charge < -0.3 is 5.73 Å². The maximum atomic E-state index is 11.3. The summed E-state index contributed by atoms with van der Waals surface area (Å²) in [7, 11) is 0. The molecule has 21 heavy (non-hydrogen) atoms. The van der Waals surface area contributed by atoms with Gasteiger partial charge in [0.25, 0.3) is 0 Å². The van der Waals surface area contributed by atoms with E-state index < -0.39 is 0 Å². The Morgan fingerprint density at radius 3 is 2.86 bits per heavy atom. The second kappa shape index (κ2) is 5.91. The third-order valence-electron chi connectivity index (χ3n) is 4.20. The number of piperidine rings is 1. The highest BCUT2D eigenvalue weighted by atomic mass is 35.5. The largest absolute Gasteiger partial charge is 0.368 e. The first kappa shape index (κ1) is 14.8. The number of carbonyl (C=O) groups is 1. The van der Waals surface area contributed by atoms with E-state index in [4.69, 9.17) is 22.3 Å². The Kier molecular flexibility index (Phi) is 4.15. The van der Waals surface area contributed by atoms with Crippen LogP contribution in [-0.2, 0) is 4.79 Å². The van der Waals surface area contributed by atoms with Crippen molar-refractivity contribution in [3.05, 3.63) is 28.2 Å². The molecule has 112 valence electrons. The van der Waals surface area contributed by atoms with Crippen LogP contribution < -0.4 is 5.73 Å². The monoisotopic (exact) mass is 323 g/mol. The highest BCUT2D eigenvalue weighted by molar-refractivity contribution is 7.18. The first-order valence-corrected chi connectivity index (χ1v) is 8.33. The van der Waals surface area contributed by atoms with Gasteiger partial charge in [-0.25, -0.2) is 4.98 Å². The Hall–Kier alpha value is -1.17. The molecule has 2 N–H and O–H groups in total. The highest BCUT2D eigenvalue weighted by Crippen LogP contribution is 2.34. The fraction of sp³-hybridized carbons (Fsp3) is 0.467. The number of hydrogen-bond acceptors (Lipinski definition) is 4. The molecule has 1 atom stereocenters. The van der Waals surface area contributed by atoms with Gasteiger partial charge in [0.15, 0.2) is 0 Å². The SMILES string of the molecule is C[C@@H](C(N)=O)N1CCC(c2nc3cc(Cl)ccc3s2)CC1. The number of halogens is 1. The number of carbonyl (C=O) groups excluding carboxylic acids is 1. The van der Waals surface area contributed by atoms with Gasteiger partial charge in [0.2, 0.25) is 5.91 Å². The Balaban J connectivity index is 1.72. The number of rotatable bonds is 3. The van der Waals surface area contributed by atoms with E-state index in [0.717, 1.165) is 36.5 Å². The molecule has 1 aromatic carbocycles. The highest BCUT2D eigenvalue weighted by Gasteiger charge is 2.27. The smallest absolute Gasteiger partial charge is 0.234 e. The van der Waals surface area contributed by atoms with Crippen molar-refractivity contribution in [2.24, 2.45) is 5.73 Å². The maximum absolute atomic E-state index is 11.3. The second-order valence-corrected chi connectivity index (χ2v) is 7.05. The van der Waals surface area contributed by atoms with Crippen molar-refractivity contribution in [3.63, 3.8) is 0 Å². The average molecular weight is 324 g/mol. The zero-order chi connectivity index (χ0) is 15.0. The lowest BCUT2D eigenvalue weighted by Crippen LogP contribution is -2.46. The van der Waals surface area contributed by atoms with Crippen LogP contribution >= 0.6 is 22.9 Å². The minimum Gasteiger partial charge on any atom is -0.368 e. The van der Waals surface area contributed by atoms with E-state index >= 15 is 0 Å². The number of likely N-dealkylation sites (tertiary alicyclic amines) is 1. The Bertz CT molecular complexity index is 664. The number of amides is 1. The number of aromatic nitrogens is 1. The van der Waals surface area contributed by atoms with Crippen molar-refractivity contribution in [1.29, 1.82) is 0 Å². The molecule has 2 aromatic rings. The zero-order valence-electron chi connectivity index (χ0n) is 11.9. The number of nitrogens with two attached hydrogens (primary N) is 1. The lowest BCUT2D eigenvalue weighted by molar-refractivity contribution is -0.123. The fourth-order valence-electron chi connectivity index (χ4n) is 2.81. The molecule has 1 aromatic heterocycles. The number of nitrogens with zero attached hydrogens (tertiary/aromatic N) is 2. The van der Waals surface area contributed by atoms with E-state index in [1.54, 1.807) is 11.3 Å². The zero-order valence-corrected chi connectivity index (χ0v) is 13.5. The maximum Gasteiger partial charge on any atom is 0.234 e. The molecule has 1 fully saturated rings. The molecule has 2 heterocycles. The van der Waals surface area contributed by atoms with Crippen molar-refractivity contribution in [2.75, 3.05) is 13.1 Å². The van der Waals surface area contributed by atoms with Crippen LogP contribution in [0.15, 0.2) is 18.2 Å². The Morgan fingerprint density at radius 1 is 1.48 bits per heavy atom. The minimum atomic E-state index is -0.247. The van der Waals surface area contributed by atoms with Gasteiger partial charge in [-0.2, -0.15) is 0 Å². The molecule has 0 saturated carbocycles. The van der Waals surface area contributed by atoms with Crippen LogP contribution in [0, 0.1) is 0 Å². The summed E-state index contributed by atoms with van der Waals surface area (Å²) in [5, 5.41) is 1.91. The van der Waals surface area contributed by atoms with Crippen molar-refractivity contribution < 1.29 is 4.79 Å². The van der Waals surface area contributed by atoms with Crippen LogP contribution in [0.3, 0.4) is 0 Å². The standard InChI is InChI=1S/C15H18ClN3OS/c1-9(14(17)20)19-6-4-10(5-7-19)15-18-12-8-11(16)2-3-13(12)21-15/h2-3,8-10H,4-7H2,1H3,(H2,17,20)/t9-/m0/s1. The van der Waals surface area contributed by atoms with Crippen LogP contribution in [0.2, 0.25) is 5.02 Å². The molecular weight excluding hydrogens is 306 g/mol. The van der Waals surface area contributed by atoms with Gasteiger partial charge in [0.1, 0.15) is 0 Å². The first-order chi connectivity index (χ1) is 10.0. The van der Waals surface area contributed by atoms with Crippen molar-refractivity contribution >= 4 is 39.1 Å². The molecule has 3 rings (SSSR count). The molecule has 1 aliphatic rings. The summed E-state index contributed by atoms with van der Waals surface area (Å²) >= 11 is 7.76. The summed E-state index contributed by atoms with van der Waals surface area (Å²) in [5.74, 6) is 0.223. The third-order valence-corrected chi connectivity index (χ3v) is 5.64. The van der Waals surface area contributed by atoms with E-state index in [2.05, 4.69) is 4.90 Å². The molecule has 1 aliphatic heterocycles. The molecule has 0 aliphatic carbocycles. The van der Waals surface area contributed by atoms with Crippen LogP contribution in [0.4, 0.5) is 0 Å². The molecule has 1 amide bonds. The molecule has 4 nitrogen and oxygen atoms in total. The summed E-state index contributed by atoms with van der Waals surface area (Å²) in [5.41, 5.74) is 6.36. The predicted molar refractivity (Wildman–Crippen MR) is 86.8 cm³/mol. The van der Waals surface area contributed by atoms with E-state index in [-0.39, 0.29) is 11.9 Å². The normalized spacial score (nSPS) is 19.0. The van der Waals surface area contributed by atoms with Crippen LogP contribution in [0.5, 0.6) is 0 Å². The molecule has 0 bridgehead atoms. The van der Waals surface area contributed by atoms with Gasteiger partial charge >= 0.3 is 0 Å². The lowest BCUT2D eigenvalue weighted by Gasteiger charge is -2.33. The average Bonchev–Trinajstić information content (AvgIpc) is 2.89. The van der Waals surface area contributed by atoms with Gasteiger partial charge in [-0.05, 0) is 51.1 Å². The molecule has 6 heteroatoms. The summed E-state index contributed by atoms with van der Waals surface area (Å²) in [6.07, 6.45) is 2.04. The summed E-state index contributed by atoms with van der Waals surface area (Å²) in [6, 6.07) is 5.67. The minimum absolute atomic E-state index is 0.180. The van der Waals surface area contributed by atoms with Gasteiger partial charge in [-0.1, -0.05) is 11.6 Å². The van der Waals surface area contributed by atoms with Crippen LogP contribution in [0.1, 0.15) is 30.7 Å². The van der Waals surface area contributed by atoms with Crippen LogP contribution in [0.25, 0.3) is 10.2 Å². The number of primary amides is 1. The van der Waals surface area contributed by atoms with Crippen molar-refractivity contribution in [2.45, 2.75) is 31.7 Å². The third kappa shape index (κ3) is 3.05. The van der Waals surface area contributed by atoms with Gasteiger partial charge in [0, 0.05) is 10.9 Å². The van der Waals surface area contributed by atoms with E-state index in [0.29, 0.717) is 5.92 Å². The quantitative estimate of drug-likeness (QED) is 0.944. The summed E-state index contributed by atoms with van der Waals surface area (Å²) < 4.78 is 1.18. The van der Waals surface area contributed by atoms with E-state index in [1.807, 2.05) is 25.1 Å². The van der Waals surface area contributed by atoms with Crippen molar-refractivity contribution in [3.8, 4) is 0 Å². The molecule has 0 spiro atoms. The van der Waals surface area contributed by atoms with E-state index in [9.17, 15) is 4.79 Å². The molecular formula is C15H18ClN3OS. The molecule has 0 radical (unpaired) electrons. The second-order valence-electron chi connectivity index (χ2n) is 5.55. The first-order valence-electron chi connectivity index (χ1n) is 7.14. The van der Waals surface area contributed by atoms with E-state index in [1.165, 1.54) is 9.71 Å². The number of benzene rings is 1. The number of fused-ring (bicyclic) bond motifs is 1. The molecule has 0 unspecified atom stereocenters. The fourth-order valence-corrected chi connectivity index (χ4v) is 4.09. The van der Waals surface area contributed by atoms with Gasteiger partial charge in [-0.15, -0.1) is 11.3 Å². The summed E-state index contributed by atoms with van der Waals surface area (Å²) in [4.78, 5) is 18.1. The van der Waals surface area contributed by atoms with Crippen molar-refractivity contribution in [1.82, 2.24) is 9.88 Å². The lowest BCUT2D eigenvalue weighted by atomic mass is 9.96. The van der Waals surface area contributed by atoms with Crippen LogP contribution in [-0.4, -0.2) is 34.9 Å². The topological polar surface area (TPSA) is 59.2 Å².